The average Bonchev–Trinajstić information content (AvgIpc) is 2.44. The molecule has 0 saturated heterocycles. The van der Waals surface area contributed by atoms with Crippen LogP contribution in [0.5, 0.6) is 0 Å². The maximum absolute atomic E-state index is 12.2. The van der Waals surface area contributed by atoms with Gasteiger partial charge >= 0.3 is 0 Å². The minimum atomic E-state index is -0.686. The van der Waals surface area contributed by atoms with Crippen molar-refractivity contribution in [3.05, 3.63) is 0 Å². The first-order valence-corrected chi connectivity index (χ1v) is 8.37. The lowest BCUT2D eigenvalue weighted by atomic mass is 9.87. The van der Waals surface area contributed by atoms with Crippen molar-refractivity contribution in [2.75, 3.05) is 12.8 Å². The first-order chi connectivity index (χ1) is 8.52. The molecule has 106 valence electrons. The molecule has 0 aromatic carbocycles. The quantitative estimate of drug-likeness (QED) is 0.781. The lowest BCUT2D eigenvalue weighted by Gasteiger charge is -2.37. The molecular weight excluding hydrogens is 244 g/mol. The van der Waals surface area contributed by atoms with Crippen LogP contribution in [0.15, 0.2) is 0 Å². The van der Waals surface area contributed by atoms with Crippen molar-refractivity contribution in [3.63, 3.8) is 0 Å². The fraction of sp³-hybridized carbons (Fsp3) is 0.929. The largest absolute Gasteiger partial charge is 0.353 e. The lowest BCUT2D eigenvalue weighted by molar-refractivity contribution is -0.126. The maximum atomic E-state index is 12.2. The maximum Gasteiger partial charge on any atom is 0.240 e. The number of thioether (sulfide) groups is 1. The summed E-state index contributed by atoms with van der Waals surface area (Å²) in [4.78, 5) is 12.2. The standard InChI is InChI=1S/C14H28N2OS/c1-4-14(15,5-2)12(17)16-11-13(18-3)9-7-6-8-10-13/h4-11,15H2,1-3H3,(H,16,17). The molecule has 1 aliphatic rings. The third-order valence-electron chi connectivity index (χ3n) is 4.48. The van der Waals surface area contributed by atoms with Crippen LogP contribution >= 0.6 is 11.8 Å². The fourth-order valence-corrected chi connectivity index (χ4v) is 3.55. The highest BCUT2D eigenvalue weighted by Gasteiger charge is 2.35. The number of hydrogen-bond donors (Lipinski definition) is 2. The van der Waals surface area contributed by atoms with Gasteiger partial charge in [0.2, 0.25) is 5.91 Å². The van der Waals surface area contributed by atoms with Crippen molar-refractivity contribution in [3.8, 4) is 0 Å². The lowest BCUT2D eigenvalue weighted by Crippen LogP contribution is -2.55. The smallest absolute Gasteiger partial charge is 0.240 e. The van der Waals surface area contributed by atoms with Gasteiger partial charge in [0, 0.05) is 11.3 Å². The zero-order chi connectivity index (χ0) is 13.6. The molecule has 0 unspecified atom stereocenters. The highest BCUT2D eigenvalue weighted by atomic mass is 32.2. The Morgan fingerprint density at radius 2 is 1.83 bits per heavy atom. The molecule has 0 heterocycles. The molecule has 1 amide bonds. The third-order valence-corrected chi connectivity index (χ3v) is 5.90. The Balaban J connectivity index is 2.55. The molecular formula is C14H28N2OS. The van der Waals surface area contributed by atoms with E-state index < -0.39 is 5.54 Å². The van der Waals surface area contributed by atoms with Crippen LogP contribution in [0.25, 0.3) is 0 Å². The molecule has 0 aliphatic heterocycles. The molecule has 0 atom stereocenters. The van der Waals surface area contributed by atoms with Crippen molar-refractivity contribution < 1.29 is 4.79 Å². The van der Waals surface area contributed by atoms with Gasteiger partial charge in [-0.1, -0.05) is 33.1 Å². The summed E-state index contributed by atoms with van der Waals surface area (Å²) in [7, 11) is 0. The molecule has 1 rings (SSSR count). The summed E-state index contributed by atoms with van der Waals surface area (Å²) in [6, 6.07) is 0. The fourth-order valence-electron chi connectivity index (χ4n) is 2.64. The van der Waals surface area contributed by atoms with Gasteiger partial charge in [-0.05, 0) is 31.9 Å². The second-order valence-electron chi connectivity index (χ2n) is 5.49. The Labute approximate surface area is 116 Å². The third kappa shape index (κ3) is 3.64. The summed E-state index contributed by atoms with van der Waals surface area (Å²) in [5.74, 6) is 0.0199. The highest BCUT2D eigenvalue weighted by Crippen LogP contribution is 2.38. The molecule has 3 N–H and O–H groups in total. The number of hydrogen-bond acceptors (Lipinski definition) is 3. The minimum absolute atomic E-state index is 0.0199. The van der Waals surface area contributed by atoms with E-state index in [0.717, 1.165) is 6.54 Å². The second-order valence-corrected chi connectivity index (χ2v) is 6.77. The van der Waals surface area contributed by atoms with Crippen LogP contribution in [0.1, 0.15) is 58.8 Å². The van der Waals surface area contributed by atoms with Crippen molar-refractivity contribution in [1.29, 1.82) is 0 Å². The molecule has 0 aromatic heterocycles. The van der Waals surface area contributed by atoms with Gasteiger partial charge in [0.1, 0.15) is 0 Å². The SMILES string of the molecule is CCC(N)(CC)C(=O)NCC1(SC)CCCCC1. The molecule has 0 spiro atoms. The highest BCUT2D eigenvalue weighted by molar-refractivity contribution is 8.00. The van der Waals surface area contributed by atoms with Gasteiger partial charge in [0.25, 0.3) is 0 Å². The van der Waals surface area contributed by atoms with E-state index in [-0.39, 0.29) is 10.7 Å². The number of rotatable bonds is 6. The summed E-state index contributed by atoms with van der Waals surface area (Å²) >= 11 is 1.91. The zero-order valence-electron chi connectivity index (χ0n) is 12.1. The van der Waals surface area contributed by atoms with Crippen molar-refractivity contribution >= 4 is 17.7 Å². The van der Waals surface area contributed by atoms with Crippen LogP contribution in [0.2, 0.25) is 0 Å². The molecule has 4 heteroatoms. The van der Waals surface area contributed by atoms with E-state index in [2.05, 4.69) is 11.6 Å². The van der Waals surface area contributed by atoms with Crippen LogP contribution in [-0.4, -0.2) is 29.0 Å². The van der Waals surface area contributed by atoms with E-state index in [9.17, 15) is 4.79 Å². The van der Waals surface area contributed by atoms with Gasteiger partial charge in [0.05, 0.1) is 5.54 Å². The van der Waals surface area contributed by atoms with E-state index in [1.54, 1.807) is 0 Å². The van der Waals surface area contributed by atoms with Crippen LogP contribution in [0.4, 0.5) is 0 Å². The normalized spacial score (nSPS) is 19.6. The topological polar surface area (TPSA) is 55.1 Å². The van der Waals surface area contributed by atoms with E-state index >= 15 is 0 Å². The van der Waals surface area contributed by atoms with Crippen LogP contribution in [0, 0.1) is 0 Å². The van der Waals surface area contributed by atoms with E-state index in [0.29, 0.717) is 12.8 Å². The van der Waals surface area contributed by atoms with Gasteiger partial charge in [-0.25, -0.2) is 0 Å². The summed E-state index contributed by atoms with van der Waals surface area (Å²) in [5.41, 5.74) is 5.44. The Hall–Kier alpha value is -0.220. The number of nitrogens with one attached hydrogen (secondary N) is 1. The van der Waals surface area contributed by atoms with Gasteiger partial charge in [0.15, 0.2) is 0 Å². The molecule has 0 radical (unpaired) electrons. The molecule has 0 bridgehead atoms. The molecule has 1 fully saturated rings. The number of nitrogens with two attached hydrogens (primary N) is 1. The van der Waals surface area contributed by atoms with E-state index in [1.165, 1.54) is 32.1 Å². The number of amides is 1. The molecule has 1 aliphatic carbocycles. The van der Waals surface area contributed by atoms with Crippen LogP contribution in [-0.2, 0) is 4.79 Å². The molecule has 1 saturated carbocycles. The van der Waals surface area contributed by atoms with Gasteiger partial charge in [-0.2, -0.15) is 11.8 Å². The first kappa shape index (κ1) is 15.8. The summed E-state index contributed by atoms with van der Waals surface area (Å²) in [6.45, 7) is 4.73. The monoisotopic (exact) mass is 272 g/mol. The van der Waals surface area contributed by atoms with Crippen molar-refractivity contribution in [2.45, 2.75) is 69.1 Å². The predicted octanol–water partition coefficient (Wildman–Crippen LogP) is 2.69. The van der Waals surface area contributed by atoms with Crippen molar-refractivity contribution in [2.24, 2.45) is 5.73 Å². The number of carbonyl (C=O) groups is 1. The molecule has 18 heavy (non-hydrogen) atoms. The summed E-state index contributed by atoms with van der Waals surface area (Å²) in [5, 5.41) is 3.10. The van der Waals surface area contributed by atoms with Crippen molar-refractivity contribution in [1.82, 2.24) is 5.32 Å². The van der Waals surface area contributed by atoms with Gasteiger partial charge in [-0.3, -0.25) is 4.79 Å². The summed E-state index contributed by atoms with van der Waals surface area (Å²) < 4.78 is 0.246. The second kappa shape index (κ2) is 6.80. The average molecular weight is 272 g/mol. The minimum Gasteiger partial charge on any atom is -0.353 e. The Morgan fingerprint density at radius 3 is 2.28 bits per heavy atom. The van der Waals surface area contributed by atoms with Gasteiger partial charge in [-0.15, -0.1) is 0 Å². The Kier molecular flexibility index (Phi) is 5.99. The summed E-state index contributed by atoms with van der Waals surface area (Å²) in [6.07, 6.45) is 9.88. The predicted molar refractivity (Wildman–Crippen MR) is 79.8 cm³/mol. The van der Waals surface area contributed by atoms with Gasteiger partial charge < -0.3 is 11.1 Å². The Bertz CT molecular complexity index is 271. The van der Waals surface area contributed by atoms with Crippen LogP contribution < -0.4 is 11.1 Å². The van der Waals surface area contributed by atoms with Crippen LogP contribution in [0.3, 0.4) is 0 Å². The number of carbonyl (C=O) groups excluding carboxylic acids is 1. The molecule has 3 nitrogen and oxygen atoms in total. The van der Waals surface area contributed by atoms with E-state index in [4.69, 9.17) is 5.73 Å². The Morgan fingerprint density at radius 1 is 1.28 bits per heavy atom. The first-order valence-electron chi connectivity index (χ1n) is 7.14. The zero-order valence-corrected chi connectivity index (χ0v) is 12.9. The molecule has 0 aromatic rings. The van der Waals surface area contributed by atoms with E-state index in [1.807, 2.05) is 25.6 Å².